The summed E-state index contributed by atoms with van der Waals surface area (Å²) in [6.45, 7) is 4.42. The first-order chi connectivity index (χ1) is 4.62. The molecule has 0 unspecified atom stereocenters. The summed E-state index contributed by atoms with van der Waals surface area (Å²) in [5, 5.41) is 0. The van der Waals surface area contributed by atoms with Gasteiger partial charge in [0.05, 0.1) is 27.2 Å². The van der Waals surface area contributed by atoms with Gasteiger partial charge in [-0.1, -0.05) is 6.08 Å². The molecule has 0 spiro atoms. The van der Waals surface area contributed by atoms with E-state index in [4.69, 9.17) is 11.6 Å². The highest BCUT2D eigenvalue weighted by Crippen LogP contribution is 1.95. The molecule has 0 bridgehead atoms. The molecule has 0 aliphatic carbocycles. The summed E-state index contributed by atoms with van der Waals surface area (Å²) in [5.41, 5.74) is 0. The molecule has 2 heteroatoms. The number of nitrogens with zero attached hydrogens (tertiary/aromatic N) is 1. The van der Waals surface area contributed by atoms with Crippen LogP contribution >= 0.6 is 11.6 Å². The lowest BCUT2D eigenvalue weighted by Crippen LogP contribution is -2.39. The Kier molecular flexibility index (Phi) is 4.75. The van der Waals surface area contributed by atoms with Crippen molar-refractivity contribution in [1.82, 2.24) is 0 Å². The SMILES string of the molecule is CC[N+](C)(C)C/C=C/CCl. The molecule has 10 heavy (non-hydrogen) atoms. The summed E-state index contributed by atoms with van der Waals surface area (Å²) in [7, 11) is 4.41. The van der Waals surface area contributed by atoms with E-state index in [1.165, 1.54) is 0 Å². The molecular weight excluding hydrogens is 146 g/mol. The second-order valence-corrected chi connectivity index (χ2v) is 3.37. The van der Waals surface area contributed by atoms with Crippen LogP contribution < -0.4 is 0 Å². The summed E-state index contributed by atoms with van der Waals surface area (Å²) >= 11 is 5.48. The van der Waals surface area contributed by atoms with Gasteiger partial charge in [-0.2, -0.15) is 0 Å². The van der Waals surface area contributed by atoms with Gasteiger partial charge in [-0.3, -0.25) is 0 Å². The Bertz CT molecular complexity index is 108. The molecule has 60 valence electrons. The first-order valence-corrected chi connectivity index (χ1v) is 4.19. The monoisotopic (exact) mass is 162 g/mol. The molecule has 0 fully saturated rings. The lowest BCUT2D eigenvalue weighted by molar-refractivity contribution is -0.882. The first-order valence-electron chi connectivity index (χ1n) is 3.65. The number of halogens is 1. The zero-order chi connectivity index (χ0) is 8.04. The van der Waals surface area contributed by atoms with Crippen LogP contribution in [-0.2, 0) is 0 Å². The molecule has 0 aromatic rings. The third-order valence-corrected chi connectivity index (χ3v) is 1.89. The van der Waals surface area contributed by atoms with Crippen molar-refractivity contribution in [2.45, 2.75) is 6.92 Å². The fraction of sp³-hybridized carbons (Fsp3) is 0.750. The van der Waals surface area contributed by atoms with Gasteiger partial charge in [0.1, 0.15) is 0 Å². The van der Waals surface area contributed by atoms with Crippen molar-refractivity contribution in [3.05, 3.63) is 12.2 Å². The zero-order valence-electron chi connectivity index (χ0n) is 7.10. The van der Waals surface area contributed by atoms with Crippen LogP contribution in [0.15, 0.2) is 12.2 Å². The number of rotatable bonds is 4. The van der Waals surface area contributed by atoms with Gasteiger partial charge in [-0.05, 0) is 13.0 Å². The van der Waals surface area contributed by atoms with Gasteiger partial charge in [0.2, 0.25) is 0 Å². The highest BCUT2D eigenvalue weighted by Gasteiger charge is 2.06. The predicted octanol–water partition coefficient (Wildman–Crippen LogP) is 1.88. The lowest BCUT2D eigenvalue weighted by atomic mass is 10.4. The molecule has 0 rings (SSSR count). The second kappa shape index (κ2) is 4.75. The van der Waals surface area contributed by atoms with E-state index in [-0.39, 0.29) is 0 Å². The number of alkyl halides is 1. The van der Waals surface area contributed by atoms with Crippen LogP contribution in [-0.4, -0.2) is 37.5 Å². The van der Waals surface area contributed by atoms with Gasteiger partial charge in [0, 0.05) is 5.88 Å². The number of quaternary nitrogens is 1. The molecule has 0 aliphatic heterocycles. The highest BCUT2D eigenvalue weighted by atomic mass is 35.5. The van der Waals surface area contributed by atoms with Gasteiger partial charge in [0.15, 0.2) is 0 Å². The van der Waals surface area contributed by atoms with Crippen molar-refractivity contribution in [2.75, 3.05) is 33.1 Å². The molecule has 0 saturated heterocycles. The smallest absolute Gasteiger partial charge is 0.0969 e. The summed E-state index contributed by atoms with van der Waals surface area (Å²) in [6.07, 6.45) is 4.13. The average Bonchev–Trinajstić information content (AvgIpc) is 1.89. The summed E-state index contributed by atoms with van der Waals surface area (Å²) < 4.78 is 1.04. The van der Waals surface area contributed by atoms with Gasteiger partial charge < -0.3 is 4.48 Å². The van der Waals surface area contributed by atoms with E-state index < -0.39 is 0 Å². The highest BCUT2D eigenvalue weighted by molar-refractivity contribution is 6.18. The van der Waals surface area contributed by atoms with Crippen LogP contribution in [0.5, 0.6) is 0 Å². The van der Waals surface area contributed by atoms with Crippen LogP contribution in [0, 0.1) is 0 Å². The van der Waals surface area contributed by atoms with Gasteiger partial charge >= 0.3 is 0 Å². The molecule has 0 N–H and O–H groups in total. The quantitative estimate of drug-likeness (QED) is 0.337. The molecule has 1 nitrogen and oxygen atoms in total. The molecule has 0 amide bonds. The van der Waals surface area contributed by atoms with Crippen molar-refractivity contribution < 1.29 is 4.48 Å². The predicted molar refractivity (Wildman–Crippen MR) is 47.4 cm³/mol. The van der Waals surface area contributed by atoms with Crippen molar-refractivity contribution in [3.8, 4) is 0 Å². The van der Waals surface area contributed by atoms with Crippen molar-refractivity contribution in [1.29, 1.82) is 0 Å². The minimum absolute atomic E-state index is 0.629. The largest absolute Gasteiger partial charge is 0.325 e. The maximum atomic E-state index is 5.48. The summed E-state index contributed by atoms with van der Waals surface area (Å²) in [4.78, 5) is 0. The second-order valence-electron chi connectivity index (χ2n) is 3.06. The van der Waals surface area contributed by atoms with E-state index in [1.807, 2.05) is 6.08 Å². The van der Waals surface area contributed by atoms with E-state index in [2.05, 4.69) is 27.1 Å². The number of likely N-dealkylation sites (N-methyl/N-ethyl adjacent to an activating group) is 1. The standard InChI is InChI=1S/C8H17ClN/c1-4-10(2,3)8-6-5-7-9/h5-6H,4,7-8H2,1-3H3/q+1/b6-5+. The number of hydrogen-bond acceptors (Lipinski definition) is 0. The van der Waals surface area contributed by atoms with E-state index in [0.717, 1.165) is 17.6 Å². The molecule has 0 saturated carbocycles. The number of allylic oxidation sites excluding steroid dienone is 1. The van der Waals surface area contributed by atoms with E-state index >= 15 is 0 Å². The normalized spacial score (nSPS) is 12.8. The van der Waals surface area contributed by atoms with Gasteiger partial charge in [-0.15, -0.1) is 11.6 Å². The third kappa shape index (κ3) is 4.83. The fourth-order valence-corrected chi connectivity index (χ4v) is 0.678. The van der Waals surface area contributed by atoms with Crippen LogP contribution in [0.25, 0.3) is 0 Å². The first kappa shape index (κ1) is 9.99. The summed E-state index contributed by atoms with van der Waals surface area (Å²) in [6, 6.07) is 0. The Morgan fingerprint density at radius 3 is 2.30 bits per heavy atom. The van der Waals surface area contributed by atoms with Crippen LogP contribution in [0.3, 0.4) is 0 Å². The number of hydrogen-bond donors (Lipinski definition) is 0. The molecule has 0 aromatic heterocycles. The van der Waals surface area contributed by atoms with Crippen LogP contribution in [0.2, 0.25) is 0 Å². The third-order valence-electron chi connectivity index (χ3n) is 1.71. The van der Waals surface area contributed by atoms with Gasteiger partial charge in [-0.25, -0.2) is 0 Å². The maximum Gasteiger partial charge on any atom is 0.0969 e. The molecule has 0 aromatic carbocycles. The van der Waals surface area contributed by atoms with Crippen molar-refractivity contribution in [3.63, 3.8) is 0 Å². The van der Waals surface area contributed by atoms with E-state index in [0.29, 0.717) is 5.88 Å². The summed E-state index contributed by atoms with van der Waals surface area (Å²) in [5.74, 6) is 0.629. The Hall–Kier alpha value is -0.0100. The molecule has 0 radical (unpaired) electrons. The Balaban J connectivity index is 3.56. The molecular formula is C8H17ClN+. The van der Waals surface area contributed by atoms with E-state index in [1.54, 1.807) is 0 Å². The Morgan fingerprint density at radius 2 is 1.90 bits per heavy atom. The fourth-order valence-electron chi connectivity index (χ4n) is 0.552. The maximum absolute atomic E-state index is 5.48. The Labute approximate surface area is 68.9 Å². The van der Waals surface area contributed by atoms with Crippen molar-refractivity contribution in [2.24, 2.45) is 0 Å². The minimum Gasteiger partial charge on any atom is -0.325 e. The van der Waals surface area contributed by atoms with Gasteiger partial charge in [0.25, 0.3) is 0 Å². The van der Waals surface area contributed by atoms with Crippen LogP contribution in [0.4, 0.5) is 0 Å². The molecule has 0 heterocycles. The zero-order valence-corrected chi connectivity index (χ0v) is 7.86. The topological polar surface area (TPSA) is 0 Å². The van der Waals surface area contributed by atoms with E-state index in [9.17, 15) is 0 Å². The average molecular weight is 163 g/mol. The minimum atomic E-state index is 0.629. The van der Waals surface area contributed by atoms with Crippen LogP contribution in [0.1, 0.15) is 6.92 Å². The van der Waals surface area contributed by atoms with Crippen molar-refractivity contribution >= 4 is 11.6 Å². The molecule has 0 atom stereocenters. The Morgan fingerprint density at radius 1 is 1.30 bits per heavy atom. The molecule has 0 aliphatic rings. The lowest BCUT2D eigenvalue weighted by Gasteiger charge is -2.26.